The number of rotatable bonds is 6. The number of aromatic nitrogens is 2. The fourth-order valence-electron chi connectivity index (χ4n) is 5.26. The predicted molar refractivity (Wildman–Crippen MR) is 142 cm³/mol. The lowest BCUT2D eigenvalue weighted by Gasteiger charge is -2.35. The molecule has 36 heavy (non-hydrogen) atoms. The summed E-state index contributed by atoms with van der Waals surface area (Å²) >= 11 is 0. The Hall–Kier alpha value is -3.54. The SMILES string of the molecule is Cc1ccc(-c2cn(-c3ccc(F)cc3)c(CC(=O)N3CCC(CC4(C)C=CCC=N4)CC3)n2)cc1. The third kappa shape index (κ3) is 5.48. The van der Waals surface area contributed by atoms with Crippen LogP contribution in [0.25, 0.3) is 16.9 Å². The van der Waals surface area contributed by atoms with E-state index in [1.807, 2.05) is 40.9 Å². The zero-order chi connectivity index (χ0) is 25.1. The Kier molecular flexibility index (Phi) is 6.86. The number of carbonyl (C=O) groups excluding carboxylic acids is 1. The number of hydrogen-bond acceptors (Lipinski definition) is 3. The van der Waals surface area contributed by atoms with Gasteiger partial charge in [0, 0.05) is 43.2 Å². The number of piperidine rings is 1. The van der Waals surface area contributed by atoms with E-state index in [1.165, 1.54) is 17.7 Å². The minimum atomic E-state index is -0.290. The minimum Gasteiger partial charge on any atom is -0.342 e. The van der Waals surface area contributed by atoms with Crippen LogP contribution in [0.3, 0.4) is 0 Å². The van der Waals surface area contributed by atoms with Crippen LogP contribution in [0.2, 0.25) is 0 Å². The van der Waals surface area contributed by atoms with Crippen LogP contribution in [0, 0.1) is 18.7 Å². The first-order chi connectivity index (χ1) is 17.4. The highest BCUT2D eigenvalue weighted by Gasteiger charge is 2.30. The second-order valence-electron chi connectivity index (χ2n) is 10.3. The summed E-state index contributed by atoms with van der Waals surface area (Å²) in [6.45, 7) is 5.76. The summed E-state index contributed by atoms with van der Waals surface area (Å²) in [6, 6.07) is 14.5. The van der Waals surface area contributed by atoms with E-state index in [0.717, 1.165) is 55.7 Å². The number of imidazole rings is 1. The number of hydrogen-bond donors (Lipinski definition) is 0. The quantitative estimate of drug-likeness (QED) is 0.406. The van der Waals surface area contributed by atoms with Crippen molar-refractivity contribution in [1.82, 2.24) is 14.5 Å². The van der Waals surface area contributed by atoms with Crippen LogP contribution < -0.4 is 0 Å². The number of nitrogens with zero attached hydrogens (tertiary/aromatic N) is 4. The third-order valence-corrected chi connectivity index (χ3v) is 7.31. The highest BCUT2D eigenvalue weighted by Crippen LogP contribution is 2.31. The van der Waals surface area contributed by atoms with Gasteiger partial charge in [-0.1, -0.05) is 42.0 Å². The van der Waals surface area contributed by atoms with E-state index in [2.05, 4.69) is 31.2 Å². The molecule has 2 aliphatic heterocycles. The molecule has 0 N–H and O–H groups in total. The molecular formula is C30H33FN4O. The second kappa shape index (κ2) is 10.2. The molecule has 3 aromatic rings. The maximum Gasteiger partial charge on any atom is 0.230 e. The van der Waals surface area contributed by atoms with E-state index in [0.29, 0.717) is 11.7 Å². The molecular weight excluding hydrogens is 451 g/mol. The van der Waals surface area contributed by atoms with Crippen molar-refractivity contribution in [3.8, 4) is 16.9 Å². The topological polar surface area (TPSA) is 50.5 Å². The van der Waals surface area contributed by atoms with Gasteiger partial charge in [0.05, 0.1) is 17.7 Å². The molecule has 1 fully saturated rings. The van der Waals surface area contributed by atoms with E-state index >= 15 is 0 Å². The van der Waals surface area contributed by atoms with Crippen molar-refractivity contribution in [3.05, 3.63) is 84.1 Å². The molecule has 0 spiro atoms. The third-order valence-electron chi connectivity index (χ3n) is 7.31. The first-order valence-corrected chi connectivity index (χ1v) is 12.8. The second-order valence-corrected chi connectivity index (χ2v) is 10.3. The van der Waals surface area contributed by atoms with Crippen LogP contribution in [0.15, 0.2) is 71.9 Å². The molecule has 0 aliphatic carbocycles. The molecule has 0 radical (unpaired) electrons. The van der Waals surface area contributed by atoms with Gasteiger partial charge in [0.1, 0.15) is 11.6 Å². The summed E-state index contributed by atoms with van der Waals surface area (Å²) in [5.74, 6) is 1.02. The molecule has 0 bridgehead atoms. The molecule has 6 heteroatoms. The maximum absolute atomic E-state index is 13.6. The Morgan fingerprint density at radius 2 is 1.81 bits per heavy atom. The van der Waals surface area contributed by atoms with Gasteiger partial charge in [-0.15, -0.1) is 0 Å². The standard InChI is InChI=1S/C30H33FN4O/c1-22-5-7-24(8-6-22)27-21-35(26-11-9-25(31)10-12-26)28(33-27)19-29(36)34-17-13-23(14-18-34)20-30(2)15-3-4-16-32-30/h3,5-12,15-16,21,23H,4,13-14,17-20H2,1-2H3. The van der Waals surface area contributed by atoms with Gasteiger partial charge in [-0.25, -0.2) is 9.37 Å². The number of carbonyl (C=O) groups is 1. The number of halogens is 1. The lowest BCUT2D eigenvalue weighted by Crippen LogP contribution is -2.41. The number of benzene rings is 2. The molecule has 5 nitrogen and oxygen atoms in total. The molecule has 1 saturated heterocycles. The molecule has 0 saturated carbocycles. The van der Waals surface area contributed by atoms with Crippen LogP contribution in [0.4, 0.5) is 4.39 Å². The van der Waals surface area contributed by atoms with E-state index in [1.54, 1.807) is 12.1 Å². The van der Waals surface area contributed by atoms with Gasteiger partial charge in [0.15, 0.2) is 0 Å². The molecule has 2 aliphatic rings. The number of dihydropyridines is 1. The van der Waals surface area contributed by atoms with Crippen LogP contribution in [0.1, 0.15) is 44.0 Å². The zero-order valence-electron chi connectivity index (χ0n) is 21.0. The Balaban J connectivity index is 1.30. The normalized spacial score (nSPS) is 20.1. The van der Waals surface area contributed by atoms with Gasteiger partial charge in [0.2, 0.25) is 5.91 Å². The number of aryl methyl sites for hydroxylation is 1. The van der Waals surface area contributed by atoms with Crippen LogP contribution in [-0.4, -0.2) is 45.2 Å². The number of likely N-dealkylation sites (tertiary alicyclic amines) is 1. The summed E-state index contributed by atoms with van der Waals surface area (Å²) in [5, 5.41) is 0. The highest BCUT2D eigenvalue weighted by atomic mass is 19.1. The first kappa shape index (κ1) is 24.2. The van der Waals surface area contributed by atoms with Gasteiger partial charge >= 0.3 is 0 Å². The number of allylic oxidation sites excluding steroid dienone is 1. The van der Waals surface area contributed by atoms with Crippen molar-refractivity contribution >= 4 is 12.1 Å². The van der Waals surface area contributed by atoms with Gasteiger partial charge < -0.3 is 9.47 Å². The number of amides is 1. The Morgan fingerprint density at radius 3 is 2.47 bits per heavy atom. The molecule has 2 aromatic carbocycles. The summed E-state index contributed by atoms with van der Waals surface area (Å²) in [5.41, 5.74) is 3.65. The van der Waals surface area contributed by atoms with Crippen LogP contribution in [0.5, 0.6) is 0 Å². The largest absolute Gasteiger partial charge is 0.342 e. The maximum atomic E-state index is 13.6. The Bertz CT molecular complexity index is 1250. The molecule has 1 unspecified atom stereocenters. The van der Waals surface area contributed by atoms with E-state index in [4.69, 9.17) is 9.98 Å². The summed E-state index contributed by atoms with van der Waals surface area (Å²) < 4.78 is 15.5. The molecule has 1 atom stereocenters. The summed E-state index contributed by atoms with van der Waals surface area (Å²) in [4.78, 5) is 24.9. The van der Waals surface area contributed by atoms with Gasteiger partial charge in [-0.3, -0.25) is 9.79 Å². The van der Waals surface area contributed by atoms with Gasteiger partial charge in [0.25, 0.3) is 0 Å². The zero-order valence-corrected chi connectivity index (χ0v) is 21.0. The average Bonchev–Trinajstić information content (AvgIpc) is 3.29. The summed E-state index contributed by atoms with van der Waals surface area (Å²) in [7, 11) is 0. The van der Waals surface area contributed by atoms with E-state index in [9.17, 15) is 9.18 Å². The van der Waals surface area contributed by atoms with Crippen LogP contribution >= 0.6 is 0 Å². The summed E-state index contributed by atoms with van der Waals surface area (Å²) in [6.07, 6.45) is 12.5. The predicted octanol–water partition coefficient (Wildman–Crippen LogP) is 5.95. The Labute approximate surface area is 212 Å². The molecule has 5 rings (SSSR count). The van der Waals surface area contributed by atoms with Crippen molar-refractivity contribution < 1.29 is 9.18 Å². The fourth-order valence-corrected chi connectivity index (χ4v) is 5.26. The van der Waals surface area contributed by atoms with Gasteiger partial charge in [-0.05, 0) is 63.3 Å². The molecule has 186 valence electrons. The van der Waals surface area contributed by atoms with E-state index in [-0.39, 0.29) is 23.7 Å². The highest BCUT2D eigenvalue weighted by molar-refractivity contribution is 5.78. The minimum absolute atomic E-state index is 0.0830. The lowest BCUT2D eigenvalue weighted by atomic mass is 9.82. The Morgan fingerprint density at radius 1 is 1.08 bits per heavy atom. The fraction of sp³-hybridized carbons (Fsp3) is 0.367. The molecule has 1 amide bonds. The van der Waals surface area contributed by atoms with Crippen molar-refractivity contribution in [2.75, 3.05) is 13.1 Å². The average molecular weight is 485 g/mol. The van der Waals surface area contributed by atoms with Gasteiger partial charge in [-0.2, -0.15) is 0 Å². The number of aliphatic imine (C=N–C) groups is 1. The monoisotopic (exact) mass is 484 g/mol. The molecule has 3 heterocycles. The van der Waals surface area contributed by atoms with Crippen molar-refractivity contribution in [2.45, 2.75) is 51.5 Å². The van der Waals surface area contributed by atoms with Crippen LogP contribution in [-0.2, 0) is 11.2 Å². The van der Waals surface area contributed by atoms with Crippen molar-refractivity contribution in [3.63, 3.8) is 0 Å². The molecule has 1 aromatic heterocycles. The smallest absolute Gasteiger partial charge is 0.230 e. The van der Waals surface area contributed by atoms with Crippen molar-refractivity contribution in [2.24, 2.45) is 10.9 Å². The first-order valence-electron chi connectivity index (χ1n) is 12.8. The van der Waals surface area contributed by atoms with E-state index < -0.39 is 0 Å². The lowest BCUT2D eigenvalue weighted by molar-refractivity contribution is -0.132. The van der Waals surface area contributed by atoms with Crippen molar-refractivity contribution in [1.29, 1.82) is 0 Å².